The van der Waals surface area contributed by atoms with Crippen LogP contribution in [0.25, 0.3) is 0 Å². The molecule has 2 saturated heterocycles. The zero-order valence-corrected chi connectivity index (χ0v) is 27.7. The first-order chi connectivity index (χ1) is 23.6. The van der Waals surface area contributed by atoms with Crippen molar-refractivity contribution >= 4 is 69.8 Å². The van der Waals surface area contributed by atoms with E-state index < -0.39 is 104 Å². The first-order valence-corrected chi connectivity index (χ1v) is 16.3. The first-order valence-electron chi connectivity index (χ1n) is 15.2. The average Bonchev–Trinajstić information content (AvgIpc) is 3.43. The molecule has 7 rings (SSSR count). The number of fused-ring (bicyclic) bond motifs is 4. The SMILES string of the molecule is CCOc1cccc([C@H]2C3=CC[C@@H]4C(=O)N(c5ccc(Cl)cc5)C(=O)[C@@H]4[C@@H]3C[C@@]3(Cl)C(=O)N(c4c(F)c(F)c(F)c(F)c4F)C(=O)[C@@]23Cl)c1O. The standard InChI is InChI=1S/C34H22Cl3F5N2O6/c1-2-50-19-5-3-4-17(28(19)45)21-15-10-11-16-20(30(47)43(29(16)46)14-8-6-13(35)7-9-14)18(15)12-33(36)31(48)44(32(49)34(21,33)37)27-25(41)23(39)22(38)24(40)26(27)42/h3-10,16,18,20-21,45H,2,11-12H2,1H3/t16-,18+,20-,21+,33+,34-/m0/s1. The maximum Gasteiger partial charge on any atom is 0.258 e. The molecule has 2 aliphatic heterocycles. The number of carbonyl (C=O) groups excluding carboxylic acids is 4. The van der Waals surface area contributed by atoms with Crippen LogP contribution in [0.15, 0.2) is 54.1 Å². The second-order valence-corrected chi connectivity index (χ2v) is 14.0. The molecular weight excluding hydrogens is 734 g/mol. The van der Waals surface area contributed by atoms with E-state index in [0.717, 1.165) is 4.90 Å². The second-order valence-electron chi connectivity index (χ2n) is 12.3. The highest BCUT2D eigenvalue weighted by Gasteiger charge is 2.77. The van der Waals surface area contributed by atoms with E-state index in [1.807, 2.05) is 0 Å². The van der Waals surface area contributed by atoms with Crippen molar-refractivity contribution in [2.24, 2.45) is 17.8 Å². The van der Waals surface area contributed by atoms with Gasteiger partial charge in [0.2, 0.25) is 17.6 Å². The summed E-state index contributed by atoms with van der Waals surface area (Å²) in [5.74, 6) is -22.6. The lowest BCUT2D eigenvalue weighted by Crippen LogP contribution is -2.60. The van der Waals surface area contributed by atoms with E-state index in [1.54, 1.807) is 6.92 Å². The van der Waals surface area contributed by atoms with Gasteiger partial charge in [0.25, 0.3) is 11.8 Å². The van der Waals surface area contributed by atoms with E-state index in [1.165, 1.54) is 48.5 Å². The Morgan fingerprint density at radius 1 is 0.840 bits per heavy atom. The summed E-state index contributed by atoms with van der Waals surface area (Å²) in [6.07, 6.45) is 0.774. The van der Waals surface area contributed by atoms with Crippen molar-refractivity contribution in [2.45, 2.75) is 35.4 Å². The third-order valence-corrected chi connectivity index (χ3v) is 11.6. The number of hydrogen-bond acceptors (Lipinski definition) is 6. The number of nitrogens with zero attached hydrogens (tertiary/aromatic N) is 2. The van der Waals surface area contributed by atoms with Gasteiger partial charge in [0.1, 0.15) is 5.69 Å². The van der Waals surface area contributed by atoms with Gasteiger partial charge in [-0.2, -0.15) is 0 Å². The average molecular weight is 756 g/mol. The molecule has 2 heterocycles. The van der Waals surface area contributed by atoms with Gasteiger partial charge < -0.3 is 9.84 Å². The first kappa shape index (κ1) is 34.3. The van der Waals surface area contributed by atoms with Crippen LogP contribution in [0.2, 0.25) is 5.02 Å². The molecule has 0 aromatic heterocycles. The Hall–Kier alpha value is -4.20. The number of benzene rings is 3. The van der Waals surface area contributed by atoms with Crippen molar-refractivity contribution in [1.29, 1.82) is 0 Å². The number of amides is 4. The zero-order chi connectivity index (χ0) is 36.2. The van der Waals surface area contributed by atoms with Crippen molar-refractivity contribution in [2.75, 3.05) is 16.4 Å². The van der Waals surface area contributed by atoms with Gasteiger partial charge in [-0.15, -0.1) is 23.2 Å². The lowest BCUT2D eigenvalue weighted by molar-refractivity contribution is -0.125. The predicted molar refractivity (Wildman–Crippen MR) is 170 cm³/mol. The van der Waals surface area contributed by atoms with Crippen LogP contribution in [0.4, 0.5) is 33.3 Å². The highest BCUT2D eigenvalue weighted by molar-refractivity contribution is 6.58. The van der Waals surface area contributed by atoms with E-state index in [9.17, 15) is 37.5 Å². The molecule has 0 spiro atoms. The number of aromatic hydroxyl groups is 1. The molecule has 3 fully saturated rings. The summed E-state index contributed by atoms with van der Waals surface area (Å²) in [4.78, 5) is 51.8. The number of alkyl halides is 2. The van der Waals surface area contributed by atoms with E-state index in [2.05, 4.69) is 0 Å². The van der Waals surface area contributed by atoms with Gasteiger partial charge in [0, 0.05) is 16.5 Å². The molecule has 4 amide bonds. The smallest absolute Gasteiger partial charge is 0.258 e. The number of rotatable bonds is 5. The summed E-state index contributed by atoms with van der Waals surface area (Å²) in [6.45, 7) is 1.69. The fourth-order valence-electron chi connectivity index (χ4n) is 7.80. The maximum absolute atomic E-state index is 15.2. The Kier molecular flexibility index (Phi) is 8.00. The Balaban J connectivity index is 1.45. The molecule has 4 aliphatic rings. The van der Waals surface area contributed by atoms with Crippen LogP contribution >= 0.6 is 34.8 Å². The summed E-state index contributed by atoms with van der Waals surface area (Å²) in [7, 11) is 0. The molecular formula is C34H22Cl3F5N2O6. The minimum Gasteiger partial charge on any atom is -0.504 e. The van der Waals surface area contributed by atoms with Crippen LogP contribution < -0.4 is 14.5 Å². The van der Waals surface area contributed by atoms with Gasteiger partial charge in [-0.25, -0.2) is 26.9 Å². The van der Waals surface area contributed by atoms with Crippen LogP contribution in [0.5, 0.6) is 11.5 Å². The van der Waals surface area contributed by atoms with Crippen LogP contribution in [-0.4, -0.2) is 45.1 Å². The minimum absolute atomic E-state index is 0.0701. The highest BCUT2D eigenvalue weighted by atomic mass is 35.5. The van der Waals surface area contributed by atoms with Crippen molar-refractivity contribution in [3.05, 3.63) is 93.8 Å². The molecule has 2 aliphatic carbocycles. The van der Waals surface area contributed by atoms with Crippen molar-refractivity contribution in [3.63, 3.8) is 0 Å². The normalized spacial score (nSPS) is 28.9. The third kappa shape index (κ3) is 4.35. The molecule has 0 unspecified atom stereocenters. The Morgan fingerprint density at radius 2 is 1.46 bits per heavy atom. The fourth-order valence-corrected chi connectivity index (χ4v) is 8.85. The van der Waals surface area contributed by atoms with Crippen molar-refractivity contribution < 1.29 is 51.0 Å². The minimum atomic E-state index is -2.79. The predicted octanol–water partition coefficient (Wildman–Crippen LogP) is 6.91. The van der Waals surface area contributed by atoms with Crippen molar-refractivity contribution in [3.8, 4) is 11.5 Å². The lowest BCUT2D eigenvalue weighted by Gasteiger charge is -2.50. The molecule has 6 atom stereocenters. The number of ether oxygens (including phenoxy) is 1. The topological polar surface area (TPSA) is 104 Å². The number of carbonyl (C=O) groups is 4. The number of halogens is 8. The van der Waals surface area contributed by atoms with Crippen LogP contribution in [0.1, 0.15) is 31.2 Å². The van der Waals surface area contributed by atoms with Gasteiger partial charge in [-0.3, -0.25) is 24.1 Å². The fraction of sp³-hybridized carbons (Fsp3) is 0.294. The molecule has 8 nitrogen and oxygen atoms in total. The molecule has 1 N–H and O–H groups in total. The summed E-state index contributed by atoms with van der Waals surface area (Å²) in [6, 6.07) is 9.98. The third-order valence-electron chi connectivity index (χ3n) is 9.95. The van der Waals surface area contributed by atoms with Crippen molar-refractivity contribution in [1.82, 2.24) is 0 Å². The maximum atomic E-state index is 15.2. The van der Waals surface area contributed by atoms with Gasteiger partial charge in [0.15, 0.2) is 44.5 Å². The number of phenols is 1. The monoisotopic (exact) mass is 754 g/mol. The van der Waals surface area contributed by atoms with Crippen LogP contribution in [0.3, 0.4) is 0 Å². The second kappa shape index (κ2) is 11.7. The molecule has 50 heavy (non-hydrogen) atoms. The molecule has 0 radical (unpaired) electrons. The van der Waals surface area contributed by atoms with Crippen LogP contribution in [0, 0.1) is 46.8 Å². The number of anilines is 2. The summed E-state index contributed by atoms with van der Waals surface area (Å²) in [5.41, 5.74) is -1.67. The van der Waals surface area contributed by atoms with E-state index in [-0.39, 0.29) is 40.5 Å². The van der Waals surface area contributed by atoms with Gasteiger partial charge in [0.05, 0.1) is 24.1 Å². The van der Waals surface area contributed by atoms with E-state index in [4.69, 9.17) is 39.5 Å². The quantitative estimate of drug-likeness (QED) is 0.0759. The van der Waals surface area contributed by atoms with Gasteiger partial charge in [-0.05, 0) is 56.0 Å². The number of phenolic OH excluding ortho intramolecular Hbond substituents is 1. The summed E-state index contributed by atoms with van der Waals surface area (Å²) in [5, 5.41) is 11.8. The number of imide groups is 2. The van der Waals surface area contributed by atoms with Gasteiger partial charge >= 0.3 is 0 Å². The van der Waals surface area contributed by atoms with E-state index in [0.29, 0.717) is 5.02 Å². The van der Waals surface area contributed by atoms with E-state index >= 15 is 8.78 Å². The Morgan fingerprint density at radius 3 is 2.08 bits per heavy atom. The Labute approximate surface area is 294 Å². The summed E-state index contributed by atoms with van der Waals surface area (Å²) >= 11 is 20.2. The molecule has 3 aromatic carbocycles. The number of allylic oxidation sites excluding steroid dienone is 2. The highest BCUT2D eigenvalue weighted by Crippen LogP contribution is 2.67. The van der Waals surface area contributed by atoms with Gasteiger partial charge in [-0.1, -0.05) is 35.4 Å². The molecule has 0 bridgehead atoms. The zero-order valence-electron chi connectivity index (χ0n) is 25.5. The number of hydrogen-bond donors (Lipinski definition) is 1. The lowest BCUT2D eigenvalue weighted by atomic mass is 9.56. The molecule has 260 valence electrons. The molecule has 3 aromatic rings. The number of para-hydroxylation sites is 1. The molecule has 16 heteroatoms. The Bertz CT molecular complexity index is 2050. The van der Waals surface area contributed by atoms with Crippen LogP contribution in [-0.2, 0) is 19.2 Å². The molecule has 1 saturated carbocycles. The largest absolute Gasteiger partial charge is 0.504 e. The summed E-state index contributed by atoms with van der Waals surface area (Å²) < 4.78 is 78.9.